The van der Waals surface area contributed by atoms with Gasteiger partial charge in [0.1, 0.15) is 0 Å². The first-order valence-electron chi connectivity index (χ1n) is 5.73. The molecule has 17 heavy (non-hydrogen) atoms. The molecule has 0 aliphatic carbocycles. The Kier molecular flexibility index (Phi) is 6.29. The van der Waals surface area contributed by atoms with Crippen LogP contribution < -0.4 is 5.32 Å². The van der Waals surface area contributed by atoms with E-state index in [1.54, 1.807) is 0 Å². The minimum Gasteiger partial charge on any atom is -0.394 e. The minimum atomic E-state index is -0.0109. The van der Waals surface area contributed by atoms with Crippen molar-refractivity contribution in [3.63, 3.8) is 0 Å². The molecule has 0 atom stereocenters. The molecule has 0 aliphatic rings. The fourth-order valence-electron chi connectivity index (χ4n) is 1.50. The Morgan fingerprint density at radius 2 is 2.24 bits per heavy atom. The van der Waals surface area contributed by atoms with Gasteiger partial charge in [0.2, 0.25) is 5.91 Å². The van der Waals surface area contributed by atoms with Crippen LogP contribution in [0.3, 0.4) is 0 Å². The molecule has 0 saturated carbocycles. The van der Waals surface area contributed by atoms with Crippen molar-refractivity contribution in [2.24, 2.45) is 0 Å². The molecule has 0 radical (unpaired) electrons. The van der Waals surface area contributed by atoms with E-state index in [2.05, 4.69) is 5.32 Å². The van der Waals surface area contributed by atoms with Gasteiger partial charge in [0.25, 0.3) is 0 Å². The first-order chi connectivity index (χ1) is 8.22. The second-order valence-corrected chi connectivity index (χ2v) is 3.85. The van der Waals surface area contributed by atoms with E-state index >= 15 is 0 Å². The Morgan fingerprint density at radius 3 is 2.94 bits per heavy atom. The maximum Gasteiger partial charge on any atom is 0.224 e. The molecular weight excluding hydrogens is 218 g/mol. The van der Waals surface area contributed by atoms with Gasteiger partial charge in [-0.2, -0.15) is 0 Å². The summed E-state index contributed by atoms with van der Waals surface area (Å²) in [5, 5.41) is 11.2. The predicted octanol–water partition coefficient (Wildman–Crippen LogP) is 0.663. The van der Waals surface area contributed by atoms with Crippen molar-refractivity contribution in [2.75, 3.05) is 26.4 Å². The van der Waals surface area contributed by atoms with Crippen LogP contribution in [-0.2, 0) is 16.0 Å². The molecule has 0 fully saturated rings. The predicted molar refractivity (Wildman–Crippen MR) is 65.8 cm³/mol. The number of hydrogen-bond donors (Lipinski definition) is 2. The summed E-state index contributed by atoms with van der Waals surface area (Å²) in [7, 11) is 0. The summed E-state index contributed by atoms with van der Waals surface area (Å²) < 4.78 is 5.04. The quantitative estimate of drug-likeness (QED) is 0.685. The number of carbonyl (C=O) groups excluding carboxylic acids is 1. The Hall–Kier alpha value is -1.39. The fourth-order valence-corrected chi connectivity index (χ4v) is 1.50. The zero-order valence-electron chi connectivity index (χ0n) is 10.1. The second-order valence-electron chi connectivity index (χ2n) is 3.85. The van der Waals surface area contributed by atoms with Gasteiger partial charge in [-0.3, -0.25) is 4.79 Å². The van der Waals surface area contributed by atoms with E-state index in [4.69, 9.17) is 9.84 Å². The average molecular weight is 237 g/mol. The Labute approximate surface area is 102 Å². The highest BCUT2D eigenvalue weighted by atomic mass is 16.5. The van der Waals surface area contributed by atoms with Gasteiger partial charge in [0.15, 0.2) is 0 Å². The van der Waals surface area contributed by atoms with Crippen LogP contribution in [0.4, 0.5) is 0 Å². The van der Waals surface area contributed by atoms with Gasteiger partial charge in [0, 0.05) is 6.54 Å². The molecule has 0 aromatic heterocycles. The summed E-state index contributed by atoms with van der Waals surface area (Å²) >= 11 is 0. The van der Waals surface area contributed by atoms with Crippen LogP contribution in [0.5, 0.6) is 0 Å². The molecule has 0 unspecified atom stereocenters. The van der Waals surface area contributed by atoms with Gasteiger partial charge < -0.3 is 15.2 Å². The number of aryl methyl sites for hydroxylation is 1. The van der Waals surface area contributed by atoms with Gasteiger partial charge in [-0.1, -0.05) is 29.8 Å². The zero-order chi connectivity index (χ0) is 12.5. The van der Waals surface area contributed by atoms with Crippen LogP contribution >= 0.6 is 0 Å². The lowest BCUT2D eigenvalue weighted by Gasteiger charge is -2.06. The standard InChI is InChI=1S/C13H19NO3/c1-11-3-2-4-12(9-11)10-13(16)14-5-7-17-8-6-15/h2-4,9,15H,5-8,10H2,1H3,(H,14,16). The number of carbonyl (C=O) groups is 1. The number of hydrogen-bond acceptors (Lipinski definition) is 3. The molecule has 1 amide bonds. The van der Waals surface area contributed by atoms with Crippen LogP contribution in [0.25, 0.3) is 0 Å². The zero-order valence-corrected chi connectivity index (χ0v) is 10.1. The highest BCUT2D eigenvalue weighted by Gasteiger charge is 2.02. The first-order valence-corrected chi connectivity index (χ1v) is 5.73. The molecule has 2 N–H and O–H groups in total. The normalized spacial score (nSPS) is 10.2. The third kappa shape index (κ3) is 6.04. The number of rotatable bonds is 7. The number of benzene rings is 1. The molecule has 1 aromatic rings. The molecule has 0 spiro atoms. The molecule has 0 aliphatic heterocycles. The van der Waals surface area contributed by atoms with Gasteiger partial charge in [-0.25, -0.2) is 0 Å². The number of amides is 1. The highest BCUT2D eigenvalue weighted by molar-refractivity contribution is 5.78. The SMILES string of the molecule is Cc1cccc(CC(=O)NCCOCCO)c1. The summed E-state index contributed by atoms with van der Waals surface area (Å²) in [6.07, 6.45) is 0.391. The van der Waals surface area contributed by atoms with E-state index in [9.17, 15) is 4.79 Å². The third-order valence-electron chi connectivity index (χ3n) is 2.25. The maximum atomic E-state index is 11.5. The van der Waals surface area contributed by atoms with Crippen molar-refractivity contribution in [3.05, 3.63) is 35.4 Å². The van der Waals surface area contributed by atoms with E-state index in [-0.39, 0.29) is 12.5 Å². The molecule has 94 valence electrons. The van der Waals surface area contributed by atoms with Crippen molar-refractivity contribution >= 4 is 5.91 Å². The van der Waals surface area contributed by atoms with Crippen molar-refractivity contribution in [1.82, 2.24) is 5.32 Å². The van der Waals surface area contributed by atoms with Crippen molar-refractivity contribution in [1.29, 1.82) is 0 Å². The summed E-state index contributed by atoms with van der Waals surface area (Å²) in [5.74, 6) is -0.0109. The van der Waals surface area contributed by atoms with Crippen LogP contribution in [0.15, 0.2) is 24.3 Å². The van der Waals surface area contributed by atoms with Gasteiger partial charge in [-0.15, -0.1) is 0 Å². The van der Waals surface area contributed by atoms with Gasteiger partial charge >= 0.3 is 0 Å². The lowest BCUT2D eigenvalue weighted by atomic mass is 10.1. The summed E-state index contributed by atoms with van der Waals surface area (Å²) in [4.78, 5) is 11.5. The Morgan fingerprint density at radius 1 is 1.41 bits per heavy atom. The number of aliphatic hydroxyl groups excluding tert-OH is 1. The van der Waals surface area contributed by atoms with Crippen LogP contribution in [0, 0.1) is 6.92 Å². The lowest BCUT2D eigenvalue weighted by molar-refractivity contribution is -0.120. The van der Waals surface area contributed by atoms with E-state index in [1.807, 2.05) is 31.2 Å². The van der Waals surface area contributed by atoms with Crippen LogP contribution in [0.2, 0.25) is 0 Å². The van der Waals surface area contributed by atoms with Crippen LogP contribution in [0.1, 0.15) is 11.1 Å². The average Bonchev–Trinajstić information content (AvgIpc) is 2.29. The molecule has 1 rings (SSSR count). The van der Waals surface area contributed by atoms with Crippen molar-refractivity contribution in [2.45, 2.75) is 13.3 Å². The molecule has 0 saturated heterocycles. The maximum absolute atomic E-state index is 11.5. The number of aliphatic hydroxyl groups is 1. The molecule has 4 heteroatoms. The van der Waals surface area contributed by atoms with Crippen molar-refractivity contribution in [3.8, 4) is 0 Å². The Balaban J connectivity index is 2.21. The molecule has 0 bridgehead atoms. The van der Waals surface area contributed by atoms with Gasteiger partial charge in [0.05, 0.1) is 26.2 Å². The molecular formula is C13H19NO3. The van der Waals surface area contributed by atoms with E-state index < -0.39 is 0 Å². The first kappa shape index (κ1) is 13.7. The van der Waals surface area contributed by atoms with Crippen LogP contribution in [-0.4, -0.2) is 37.4 Å². The smallest absolute Gasteiger partial charge is 0.224 e. The van der Waals surface area contributed by atoms with E-state index in [0.29, 0.717) is 26.2 Å². The molecule has 1 aromatic carbocycles. The minimum absolute atomic E-state index is 0.0109. The van der Waals surface area contributed by atoms with Gasteiger partial charge in [-0.05, 0) is 12.5 Å². The number of ether oxygens (including phenoxy) is 1. The van der Waals surface area contributed by atoms with E-state index in [0.717, 1.165) is 11.1 Å². The second kappa shape index (κ2) is 7.81. The monoisotopic (exact) mass is 237 g/mol. The van der Waals surface area contributed by atoms with Crippen molar-refractivity contribution < 1.29 is 14.6 Å². The lowest BCUT2D eigenvalue weighted by Crippen LogP contribution is -2.28. The fraction of sp³-hybridized carbons (Fsp3) is 0.462. The Bertz CT molecular complexity index is 352. The third-order valence-corrected chi connectivity index (χ3v) is 2.25. The molecule has 4 nitrogen and oxygen atoms in total. The summed E-state index contributed by atoms with van der Waals surface area (Å²) in [6, 6.07) is 7.89. The summed E-state index contributed by atoms with van der Waals surface area (Å²) in [5.41, 5.74) is 2.17. The molecule has 0 heterocycles. The van der Waals surface area contributed by atoms with E-state index in [1.165, 1.54) is 0 Å². The topological polar surface area (TPSA) is 58.6 Å². The number of nitrogens with one attached hydrogen (secondary N) is 1. The highest BCUT2D eigenvalue weighted by Crippen LogP contribution is 2.04. The summed E-state index contributed by atoms with van der Waals surface area (Å²) in [6.45, 7) is 3.24. The largest absolute Gasteiger partial charge is 0.394 e.